The number of aryl methyl sites for hydroxylation is 6. The van der Waals surface area contributed by atoms with E-state index in [9.17, 15) is 0 Å². The van der Waals surface area contributed by atoms with Crippen LogP contribution < -0.4 is 0 Å². The molecule has 0 heterocycles. The summed E-state index contributed by atoms with van der Waals surface area (Å²) in [6, 6.07) is 25.3. The average molecular weight is 1030 g/mol. The van der Waals surface area contributed by atoms with Gasteiger partial charge in [0.1, 0.15) is 0 Å². The van der Waals surface area contributed by atoms with Crippen molar-refractivity contribution in [1.29, 1.82) is 0 Å². The van der Waals surface area contributed by atoms with Crippen molar-refractivity contribution in [2.75, 3.05) is 0 Å². The van der Waals surface area contributed by atoms with Crippen LogP contribution in [0.5, 0.6) is 0 Å². The lowest BCUT2D eigenvalue weighted by Gasteiger charge is -2.54. The fourth-order valence-electron chi connectivity index (χ4n) is 16.5. The highest BCUT2D eigenvalue weighted by molar-refractivity contribution is 5.23. The Kier molecular flexibility index (Phi) is 29.9. The lowest BCUT2D eigenvalue weighted by molar-refractivity contribution is -0.0376. The van der Waals surface area contributed by atoms with Crippen molar-refractivity contribution in [3.63, 3.8) is 0 Å². The van der Waals surface area contributed by atoms with Crippen LogP contribution >= 0.6 is 0 Å². The molecule has 0 N–H and O–H groups in total. The molecule has 0 amide bonds. The zero-order valence-corrected chi connectivity index (χ0v) is 51.9. The van der Waals surface area contributed by atoms with Crippen molar-refractivity contribution >= 4 is 0 Å². The first kappa shape index (κ1) is 63.5. The molecule has 8 bridgehead atoms. The molecule has 0 nitrogen and oxygen atoms in total. The average Bonchev–Trinajstić information content (AvgIpc) is 4.14. The van der Waals surface area contributed by atoms with Gasteiger partial charge in [0.25, 0.3) is 0 Å². The summed E-state index contributed by atoms with van der Waals surface area (Å²) in [4.78, 5) is 0. The standard InChI is InChI=1S/C12H20.C11H18.3C8H10.C8H16.2C7H14.C6H12/c1-2-12-10-4-8-3-9(6-10)7-11(12)5-8;1-7-10-3-8-2-9(5-10)6-11(7)4-8;1-7-3-5-8(2)6-4-7;1-7-4-3-5-8(2)6-7;1-7-5-3-4-6-8(7)2;1-2-8-6-4-3-5-7-8;1-7-5-3-2-4-6-7;1-2-7-5-3-4-6-7;1-6-4-2-3-5-6/h8-12H,2-7H2,1H3;7-11H,2-6H2,1H3;3*3-6H,1-2H3;8H,2-7H2,1H3;2*7H,2-6H2,1H3;6H,2-5H2,1H3. The maximum Gasteiger partial charge on any atom is -0.0360 e. The van der Waals surface area contributed by atoms with Crippen LogP contribution in [-0.4, -0.2) is 0 Å². The quantitative estimate of drug-likeness (QED) is 0.245. The van der Waals surface area contributed by atoms with Crippen molar-refractivity contribution < 1.29 is 0 Å². The molecule has 0 saturated heterocycles. The monoisotopic (exact) mass is 1020 g/mol. The third-order valence-electron chi connectivity index (χ3n) is 21.3. The zero-order valence-electron chi connectivity index (χ0n) is 51.9. The molecule has 15 rings (SSSR count). The van der Waals surface area contributed by atoms with Gasteiger partial charge in [-0.25, -0.2) is 0 Å². The highest BCUT2D eigenvalue weighted by atomic mass is 14.5. The molecule has 12 saturated carbocycles. The first-order chi connectivity index (χ1) is 36.2. The van der Waals surface area contributed by atoms with E-state index in [1.54, 1.807) is 64.2 Å². The molecule has 0 spiro atoms. The van der Waals surface area contributed by atoms with Gasteiger partial charge in [-0.2, -0.15) is 0 Å². The van der Waals surface area contributed by atoms with E-state index in [0.29, 0.717) is 0 Å². The van der Waals surface area contributed by atoms with E-state index < -0.39 is 0 Å². The third kappa shape index (κ3) is 23.9. The molecule has 0 aliphatic heterocycles. The lowest BCUT2D eigenvalue weighted by atomic mass is 9.51. The van der Waals surface area contributed by atoms with E-state index >= 15 is 0 Å². The highest BCUT2D eigenvalue weighted by Gasteiger charge is 2.47. The molecule has 3 aromatic rings. The largest absolute Gasteiger partial charge is 0.0651 e. The Balaban J connectivity index is 0.000000157. The summed E-state index contributed by atoms with van der Waals surface area (Å²) in [6.07, 6.45) is 47.2. The van der Waals surface area contributed by atoms with Gasteiger partial charge in [0, 0.05) is 0 Å². The van der Waals surface area contributed by atoms with Crippen molar-refractivity contribution in [2.45, 2.75) is 282 Å². The molecule has 3 aromatic carbocycles. The summed E-state index contributed by atoms with van der Waals surface area (Å²) in [6.45, 7) is 26.9. The van der Waals surface area contributed by atoms with Crippen molar-refractivity contribution in [3.05, 3.63) is 106 Å². The van der Waals surface area contributed by atoms with Gasteiger partial charge in [-0.3, -0.25) is 0 Å². The maximum absolute atomic E-state index is 2.51. The molecule has 0 aromatic heterocycles. The van der Waals surface area contributed by atoms with Crippen LogP contribution in [0, 0.1) is 124 Å². The van der Waals surface area contributed by atoms with Crippen molar-refractivity contribution in [3.8, 4) is 0 Å². The summed E-state index contributed by atoms with van der Waals surface area (Å²) in [5, 5.41) is 0. The zero-order chi connectivity index (χ0) is 54.0. The third-order valence-corrected chi connectivity index (χ3v) is 21.3. The summed E-state index contributed by atoms with van der Waals surface area (Å²) < 4.78 is 0. The van der Waals surface area contributed by atoms with E-state index in [0.717, 1.165) is 82.9 Å². The van der Waals surface area contributed by atoms with E-state index in [1.165, 1.54) is 168 Å². The van der Waals surface area contributed by atoms with Gasteiger partial charge in [-0.15, -0.1) is 0 Å². The molecule has 0 unspecified atom stereocenters. The van der Waals surface area contributed by atoms with Gasteiger partial charge >= 0.3 is 0 Å². The van der Waals surface area contributed by atoms with Crippen LogP contribution in [0.4, 0.5) is 0 Å². The molecule has 0 atom stereocenters. The first-order valence-corrected chi connectivity index (χ1v) is 33.3. The topological polar surface area (TPSA) is 0 Å². The SMILES string of the molecule is CC1C2CC3CC(C2)CC1C3.CC1CCCC1.CC1CCCCC1.CCC1C2CC3CC(C2)CC1C3.CCC1CCCC1.CCC1CCCCC1.Cc1ccc(C)cc1.Cc1cccc(C)c1.Cc1ccccc1C. The molecule has 12 aliphatic rings. The van der Waals surface area contributed by atoms with Crippen LogP contribution in [0.3, 0.4) is 0 Å². The van der Waals surface area contributed by atoms with Crippen molar-refractivity contribution in [2.24, 2.45) is 82.9 Å². The first-order valence-electron chi connectivity index (χ1n) is 33.3. The number of rotatable bonds is 3. The van der Waals surface area contributed by atoms with Crippen LogP contribution in [0.15, 0.2) is 72.8 Å². The predicted molar refractivity (Wildman–Crippen MR) is 334 cm³/mol. The molecule has 75 heavy (non-hydrogen) atoms. The Hall–Kier alpha value is -2.34. The Bertz CT molecular complexity index is 1760. The van der Waals surface area contributed by atoms with E-state index in [1.807, 2.05) is 0 Å². The molecule has 12 fully saturated rings. The Morgan fingerprint density at radius 3 is 0.893 bits per heavy atom. The Morgan fingerprint density at radius 2 is 0.640 bits per heavy atom. The molecular weight excluding hydrogens is 901 g/mol. The summed E-state index contributed by atoms with van der Waals surface area (Å²) in [5.41, 5.74) is 8.07. The number of benzene rings is 3. The van der Waals surface area contributed by atoms with Gasteiger partial charge in [0.05, 0.1) is 0 Å². The molecule has 0 heteroatoms. The maximum atomic E-state index is 2.51. The van der Waals surface area contributed by atoms with E-state index in [2.05, 4.69) is 156 Å². The van der Waals surface area contributed by atoms with Crippen molar-refractivity contribution in [1.82, 2.24) is 0 Å². The minimum atomic E-state index is 1.04. The second kappa shape index (κ2) is 35.3. The summed E-state index contributed by atoms with van der Waals surface area (Å²) in [5.74, 6) is 15.7. The highest BCUT2D eigenvalue weighted by Crippen LogP contribution is 2.58. The van der Waals surface area contributed by atoms with Gasteiger partial charge < -0.3 is 0 Å². The number of hydrogen-bond acceptors (Lipinski definition) is 0. The molecule has 12 aliphatic carbocycles. The summed E-state index contributed by atoms with van der Waals surface area (Å²) in [7, 11) is 0. The van der Waals surface area contributed by atoms with Crippen LogP contribution in [0.25, 0.3) is 0 Å². The van der Waals surface area contributed by atoms with Gasteiger partial charge in [0.15, 0.2) is 0 Å². The van der Waals surface area contributed by atoms with Crippen LogP contribution in [-0.2, 0) is 0 Å². The Labute approximate surface area is 468 Å². The number of hydrogen-bond donors (Lipinski definition) is 0. The van der Waals surface area contributed by atoms with E-state index in [-0.39, 0.29) is 0 Å². The van der Waals surface area contributed by atoms with Gasteiger partial charge in [-0.1, -0.05) is 271 Å². The molecule has 424 valence electrons. The van der Waals surface area contributed by atoms with Crippen LogP contribution in [0.2, 0.25) is 0 Å². The molecular formula is C75H124. The van der Waals surface area contributed by atoms with Gasteiger partial charge in [0.2, 0.25) is 0 Å². The second-order valence-corrected chi connectivity index (χ2v) is 27.8. The minimum Gasteiger partial charge on any atom is -0.0651 e. The van der Waals surface area contributed by atoms with E-state index in [4.69, 9.17) is 0 Å². The van der Waals surface area contributed by atoms with Gasteiger partial charge in [-0.05, 0) is 200 Å². The smallest absolute Gasteiger partial charge is 0.0360 e. The Morgan fingerprint density at radius 1 is 0.320 bits per heavy atom. The minimum absolute atomic E-state index is 1.04. The molecule has 0 radical (unpaired) electrons. The summed E-state index contributed by atoms with van der Waals surface area (Å²) >= 11 is 0. The normalized spacial score (nSPS) is 29.9. The second-order valence-electron chi connectivity index (χ2n) is 27.8. The van der Waals surface area contributed by atoms with Crippen LogP contribution in [0.1, 0.15) is 274 Å². The fourth-order valence-corrected chi connectivity index (χ4v) is 16.5. The fraction of sp³-hybridized carbons (Fsp3) is 0.760. The lowest BCUT2D eigenvalue weighted by Crippen LogP contribution is -2.44. The predicted octanol–water partition coefficient (Wildman–Crippen LogP) is 23.8.